The van der Waals surface area contributed by atoms with Crippen molar-refractivity contribution in [1.82, 2.24) is 4.98 Å². The van der Waals surface area contributed by atoms with Gasteiger partial charge in [-0.2, -0.15) is 0 Å². The lowest BCUT2D eigenvalue weighted by molar-refractivity contribution is 1.27. The number of pyridine rings is 1. The molecule has 0 aliphatic rings. The van der Waals surface area contributed by atoms with Crippen LogP contribution in [0.3, 0.4) is 0 Å². The lowest BCUT2D eigenvalue weighted by Gasteiger charge is -2.08. The van der Waals surface area contributed by atoms with Gasteiger partial charge in [0.25, 0.3) is 0 Å². The minimum absolute atomic E-state index is 0.630. The second-order valence-corrected chi connectivity index (χ2v) is 6.31. The van der Waals surface area contributed by atoms with Crippen LogP contribution in [0.4, 0.5) is 5.82 Å². The molecule has 0 atom stereocenters. The van der Waals surface area contributed by atoms with Crippen molar-refractivity contribution >= 4 is 28.5 Å². The number of aromatic nitrogens is 1. The van der Waals surface area contributed by atoms with E-state index < -0.39 is 0 Å². The Labute approximate surface area is 129 Å². The molecule has 3 rings (SSSR count). The standard InChI is InChI=1S/C18H18N2S/c1-12-7-8-16(9-13(12)2)21-11-15-10-14-5-3-4-6-17(14)20-18(15)19/h3-10H,11H2,1-2H3,(H2,19,20). The molecule has 1 aromatic heterocycles. The van der Waals surface area contributed by atoms with E-state index in [1.807, 2.05) is 18.2 Å². The number of anilines is 1. The van der Waals surface area contributed by atoms with Gasteiger partial charge in [0.2, 0.25) is 0 Å². The first-order valence-electron chi connectivity index (χ1n) is 6.97. The van der Waals surface area contributed by atoms with Gasteiger partial charge in [-0.15, -0.1) is 11.8 Å². The van der Waals surface area contributed by atoms with Gasteiger partial charge in [0.05, 0.1) is 5.52 Å². The highest BCUT2D eigenvalue weighted by Gasteiger charge is 2.05. The van der Waals surface area contributed by atoms with Gasteiger partial charge in [-0.3, -0.25) is 0 Å². The molecule has 0 aliphatic carbocycles. The molecule has 2 N–H and O–H groups in total. The first-order valence-corrected chi connectivity index (χ1v) is 7.96. The van der Waals surface area contributed by atoms with Crippen molar-refractivity contribution in [3.8, 4) is 0 Å². The smallest absolute Gasteiger partial charge is 0.128 e. The van der Waals surface area contributed by atoms with E-state index in [-0.39, 0.29) is 0 Å². The molecule has 0 aliphatic heterocycles. The minimum atomic E-state index is 0.630. The zero-order valence-electron chi connectivity index (χ0n) is 12.3. The Balaban J connectivity index is 1.84. The fraction of sp³-hybridized carbons (Fsp3) is 0.167. The van der Waals surface area contributed by atoms with Crippen LogP contribution in [0.1, 0.15) is 16.7 Å². The predicted molar refractivity (Wildman–Crippen MR) is 91.6 cm³/mol. The topological polar surface area (TPSA) is 38.9 Å². The normalized spacial score (nSPS) is 11.0. The number of para-hydroxylation sites is 1. The Kier molecular flexibility index (Phi) is 3.84. The molecule has 1 heterocycles. The minimum Gasteiger partial charge on any atom is -0.383 e. The molecule has 2 aromatic carbocycles. The monoisotopic (exact) mass is 294 g/mol. The average Bonchev–Trinajstić information content (AvgIpc) is 2.48. The van der Waals surface area contributed by atoms with Crippen LogP contribution in [-0.2, 0) is 5.75 Å². The summed E-state index contributed by atoms with van der Waals surface area (Å²) >= 11 is 1.80. The summed E-state index contributed by atoms with van der Waals surface area (Å²) in [6.45, 7) is 4.28. The second kappa shape index (κ2) is 5.78. The lowest BCUT2D eigenvalue weighted by atomic mass is 10.1. The Bertz CT molecular complexity index is 796. The number of thioether (sulfide) groups is 1. The highest BCUT2D eigenvalue weighted by Crippen LogP contribution is 2.28. The summed E-state index contributed by atoms with van der Waals surface area (Å²) in [6.07, 6.45) is 0. The fourth-order valence-electron chi connectivity index (χ4n) is 2.26. The van der Waals surface area contributed by atoms with Crippen LogP contribution in [-0.4, -0.2) is 4.98 Å². The maximum atomic E-state index is 6.08. The molecule has 0 unspecified atom stereocenters. The van der Waals surface area contributed by atoms with Crippen molar-refractivity contribution < 1.29 is 0 Å². The number of hydrogen-bond acceptors (Lipinski definition) is 3. The van der Waals surface area contributed by atoms with Gasteiger partial charge in [-0.05, 0) is 49.2 Å². The zero-order valence-corrected chi connectivity index (χ0v) is 13.1. The summed E-state index contributed by atoms with van der Waals surface area (Å²) in [5, 5.41) is 1.14. The summed E-state index contributed by atoms with van der Waals surface area (Å²) in [5.74, 6) is 1.47. The predicted octanol–water partition coefficient (Wildman–Crippen LogP) is 4.73. The van der Waals surface area contributed by atoms with E-state index in [2.05, 4.69) is 49.2 Å². The SMILES string of the molecule is Cc1ccc(SCc2cc3ccccc3nc2N)cc1C. The molecule has 0 amide bonds. The third kappa shape index (κ3) is 3.03. The summed E-state index contributed by atoms with van der Waals surface area (Å²) in [4.78, 5) is 5.75. The van der Waals surface area contributed by atoms with Crippen molar-refractivity contribution in [2.24, 2.45) is 0 Å². The number of nitrogens with two attached hydrogens (primary N) is 1. The number of aryl methyl sites for hydroxylation is 2. The van der Waals surface area contributed by atoms with Crippen molar-refractivity contribution in [1.29, 1.82) is 0 Å². The van der Waals surface area contributed by atoms with Gasteiger partial charge < -0.3 is 5.73 Å². The summed E-state index contributed by atoms with van der Waals surface area (Å²) in [5.41, 5.74) is 10.8. The van der Waals surface area contributed by atoms with E-state index in [0.29, 0.717) is 5.82 Å². The van der Waals surface area contributed by atoms with E-state index in [1.165, 1.54) is 16.0 Å². The highest BCUT2D eigenvalue weighted by atomic mass is 32.2. The Morgan fingerprint density at radius 2 is 1.81 bits per heavy atom. The van der Waals surface area contributed by atoms with Crippen LogP contribution in [0.2, 0.25) is 0 Å². The zero-order chi connectivity index (χ0) is 14.8. The third-order valence-corrected chi connectivity index (χ3v) is 4.75. The van der Waals surface area contributed by atoms with E-state index in [9.17, 15) is 0 Å². The number of nitrogens with zero attached hydrogens (tertiary/aromatic N) is 1. The maximum absolute atomic E-state index is 6.08. The molecular weight excluding hydrogens is 276 g/mol. The van der Waals surface area contributed by atoms with Crippen molar-refractivity contribution in [3.63, 3.8) is 0 Å². The molecule has 3 heteroatoms. The second-order valence-electron chi connectivity index (χ2n) is 5.26. The third-order valence-electron chi connectivity index (χ3n) is 3.71. The van der Waals surface area contributed by atoms with Crippen LogP contribution in [0, 0.1) is 13.8 Å². The summed E-state index contributed by atoms with van der Waals surface area (Å²) in [6, 6.07) is 16.8. The molecule has 2 nitrogen and oxygen atoms in total. The van der Waals surface area contributed by atoms with E-state index in [0.717, 1.165) is 22.2 Å². The number of benzene rings is 2. The highest BCUT2D eigenvalue weighted by molar-refractivity contribution is 7.98. The number of nitrogen functional groups attached to an aromatic ring is 1. The van der Waals surface area contributed by atoms with E-state index >= 15 is 0 Å². The molecule has 21 heavy (non-hydrogen) atoms. The first-order chi connectivity index (χ1) is 10.1. The molecule has 0 spiro atoms. The van der Waals surface area contributed by atoms with Crippen LogP contribution >= 0.6 is 11.8 Å². The van der Waals surface area contributed by atoms with Gasteiger partial charge in [0.15, 0.2) is 0 Å². The largest absolute Gasteiger partial charge is 0.383 e. The number of rotatable bonds is 3. The van der Waals surface area contributed by atoms with Gasteiger partial charge >= 0.3 is 0 Å². The maximum Gasteiger partial charge on any atom is 0.128 e. The van der Waals surface area contributed by atoms with Crippen LogP contribution in [0.25, 0.3) is 10.9 Å². The van der Waals surface area contributed by atoms with Crippen LogP contribution in [0.5, 0.6) is 0 Å². The van der Waals surface area contributed by atoms with Gasteiger partial charge in [0, 0.05) is 21.6 Å². The van der Waals surface area contributed by atoms with Crippen LogP contribution < -0.4 is 5.73 Å². The molecular formula is C18H18N2S. The molecule has 0 saturated heterocycles. The average molecular weight is 294 g/mol. The Morgan fingerprint density at radius 3 is 2.62 bits per heavy atom. The molecule has 0 bridgehead atoms. The van der Waals surface area contributed by atoms with Gasteiger partial charge in [-0.1, -0.05) is 24.3 Å². The molecule has 3 aromatic rings. The number of hydrogen-bond donors (Lipinski definition) is 1. The summed E-state index contributed by atoms with van der Waals surface area (Å²) < 4.78 is 0. The van der Waals surface area contributed by atoms with E-state index in [4.69, 9.17) is 5.73 Å². The van der Waals surface area contributed by atoms with Gasteiger partial charge in [-0.25, -0.2) is 4.98 Å². The van der Waals surface area contributed by atoms with Gasteiger partial charge in [0.1, 0.15) is 5.82 Å². The molecule has 106 valence electrons. The quantitative estimate of drug-likeness (QED) is 0.710. The first kappa shape index (κ1) is 14.0. The molecule has 0 radical (unpaired) electrons. The van der Waals surface area contributed by atoms with Crippen molar-refractivity contribution in [2.45, 2.75) is 24.5 Å². The van der Waals surface area contributed by atoms with Crippen molar-refractivity contribution in [2.75, 3.05) is 5.73 Å². The molecule has 0 fully saturated rings. The van der Waals surface area contributed by atoms with Crippen LogP contribution in [0.15, 0.2) is 53.4 Å². The fourth-order valence-corrected chi connectivity index (χ4v) is 3.23. The molecule has 0 saturated carbocycles. The Morgan fingerprint density at radius 1 is 1.00 bits per heavy atom. The van der Waals surface area contributed by atoms with Crippen molar-refractivity contribution in [3.05, 3.63) is 65.2 Å². The number of fused-ring (bicyclic) bond motifs is 1. The summed E-state index contributed by atoms with van der Waals surface area (Å²) in [7, 11) is 0. The Hall–Kier alpha value is -2.00. The van der Waals surface area contributed by atoms with E-state index in [1.54, 1.807) is 11.8 Å². The lowest BCUT2D eigenvalue weighted by Crippen LogP contribution is -1.97.